The number of carbonyl (C=O) groups excluding carboxylic acids is 2. The van der Waals surface area contributed by atoms with E-state index in [1.165, 1.54) is 12.4 Å². The normalized spacial score (nSPS) is 11.4. The number of ether oxygens (including phenoxy) is 1. The monoisotopic (exact) mass is 314 g/mol. The molecule has 0 spiro atoms. The number of nitrogens with one attached hydrogen (secondary N) is 2. The molecule has 0 saturated carbocycles. The molecule has 2 rings (SSSR count). The summed E-state index contributed by atoms with van der Waals surface area (Å²) in [4.78, 5) is 31.2. The highest BCUT2D eigenvalue weighted by Crippen LogP contribution is 2.19. The van der Waals surface area contributed by atoms with Gasteiger partial charge in [-0.1, -0.05) is 25.1 Å². The van der Waals surface area contributed by atoms with Gasteiger partial charge in [0.2, 0.25) is 5.95 Å². The molecule has 2 amide bonds. The van der Waals surface area contributed by atoms with Crippen molar-refractivity contribution in [1.29, 1.82) is 0 Å². The van der Waals surface area contributed by atoms with Gasteiger partial charge in [-0.15, -0.1) is 0 Å². The lowest BCUT2D eigenvalue weighted by Gasteiger charge is -2.10. The molecule has 120 valence electrons. The lowest BCUT2D eigenvalue weighted by atomic mass is 10.2. The summed E-state index contributed by atoms with van der Waals surface area (Å²) < 4.78 is 5.54. The maximum atomic E-state index is 11.7. The van der Waals surface area contributed by atoms with Gasteiger partial charge in [-0.25, -0.2) is 9.97 Å². The van der Waals surface area contributed by atoms with Crippen molar-refractivity contribution in [1.82, 2.24) is 15.3 Å². The molecule has 1 heterocycles. The number of hydrogen-bond acceptors (Lipinski definition) is 5. The fraction of sp³-hybridized carbons (Fsp3) is 0.250. The molecule has 23 heavy (non-hydrogen) atoms. The molecule has 7 nitrogen and oxygen atoms in total. The molecule has 1 unspecified atom stereocenters. The van der Waals surface area contributed by atoms with Gasteiger partial charge in [-0.2, -0.15) is 0 Å². The van der Waals surface area contributed by atoms with Crippen LogP contribution in [0.4, 0.5) is 5.95 Å². The van der Waals surface area contributed by atoms with Crippen LogP contribution in [0.25, 0.3) is 0 Å². The summed E-state index contributed by atoms with van der Waals surface area (Å²) in [6, 6.07) is 9.10. The second-order valence-electron chi connectivity index (χ2n) is 4.89. The van der Waals surface area contributed by atoms with E-state index >= 15 is 0 Å². The standard InChI is InChI=1S/C16H18N4O3/c1-3-11(2)19-14(21)15(22)20-16-17-9-13(10-18-16)23-12-7-5-4-6-8-12/h4-11H,3H2,1-2H3,(H,19,21)(H,17,18,20,22). The molecule has 0 bridgehead atoms. The third kappa shape index (κ3) is 5.06. The summed E-state index contributed by atoms with van der Waals surface area (Å²) in [7, 11) is 0. The van der Waals surface area contributed by atoms with Crippen molar-refractivity contribution in [2.24, 2.45) is 0 Å². The van der Waals surface area contributed by atoms with Crippen LogP contribution in [0, 0.1) is 0 Å². The van der Waals surface area contributed by atoms with E-state index in [4.69, 9.17) is 4.74 Å². The first-order valence-electron chi connectivity index (χ1n) is 7.25. The van der Waals surface area contributed by atoms with Gasteiger partial charge in [0.1, 0.15) is 5.75 Å². The molecule has 0 saturated heterocycles. The second kappa shape index (κ2) is 7.88. The molecule has 2 N–H and O–H groups in total. The van der Waals surface area contributed by atoms with Crippen molar-refractivity contribution < 1.29 is 14.3 Å². The van der Waals surface area contributed by atoms with E-state index in [0.717, 1.165) is 6.42 Å². The zero-order chi connectivity index (χ0) is 16.7. The third-order valence-electron chi connectivity index (χ3n) is 3.03. The van der Waals surface area contributed by atoms with Crippen molar-refractivity contribution >= 4 is 17.8 Å². The molecule has 1 aromatic heterocycles. The van der Waals surface area contributed by atoms with Crippen molar-refractivity contribution in [2.45, 2.75) is 26.3 Å². The van der Waals surface area contributed by atoms with E-state index in [1.807, 2.05) is 32.0 Å². The minimum Gasteiger partial charge on any atom is -0.454 e. The van der Waals surface area contributed by atoms with Crippen LogP contribution in [-0.2, 0) is 9.59 Å². The minimum atomic E-state index is -0.804. The summed E-state index contributed by atoms with van der Waals surface area (Å²) in [5.74, 6) is -0.400. The van der Waals surface area contributed by atoms with Crippen LogP contribution < -0.4 is 15.4 Å². The van der Waals surface area contributed by atoms with Gasteiger partial charge in [-0.05, 0) is 25.5 Å². The highest BCUT2D eigenvalue weighted by Gasteiger charge is 2.16. The summed E-state index contributed by atoms with van der Waals surface area (Å²) in [6.07, 6.45) is 3.57. The molecule has 0 radical (unpaired) electrons. The van der Waals surface area contributed by atoms with Gasteiger partial charge in [0.25, 0.3) is 0 Å². The van der Waals surface area contributed by atoms with Gasteiger partial charge in [-0.3, -0.25) is 14.9 Å². The Morgan fingerprint density at radius 2 is 1.74 bits per heavy atom. The fourth-order valence-corrected chi connectivity index (χ4v) is 1.61. The van der Waals surface area contributed by atoms with Crippen molar-refractivity contribution in [3.63, 3.8) is 0 Å². The Morgan fingerprint density at radius 1 is 1.09 bits per heavy atom. The summed E-state index contributed by atoms with van der Waals surface area (Å²) in [5.41, 5.74) is 0. The number of nitrogens with zero attached hydrogens (tertiary/aromatic N) is 2. The highest BCUT2D eigenvalue weighted by atomic mass is 16.5. The topological polar surface area (TPSA) is 93.2 Å². The minimum absolute atomic E-state index is 0.0368. The number of benzene rings is 1. The zero-order valence-electron chi connectivity index (χ0n) is 12.9. The molecular weight excluding hydrogens is 296 g/mol. The number of amides is 2. The molecule has 0 aliphatic carbocycles. The van der Waals surface area contributed by atoms with Gasteiger partial charge < -0.3 is 10.1 Å². The maximum Gasteiger partial charge on any atom is 0.316 e. The van der Waals surface area contributed by atoms with Crippen molar-refractivity contribution in [2.75, 3.05) is 5.32 Å². The Kier molecular flexibility index (Phi) is 5.62. The molecule has 1 aromatic carbocycles. The van der Waals surface area contributed by atoms with E-state index in [0.29, 0.717) is 11.5 Å². The van der Waals surface area contributed by atoms with Gasteiger partial charge in [0.05, 0.1) is 12.4 Å². The molecule has 7 heteroatoms. The van der Waals surface area contributed by atoms with Crippen LogP contribution in [-0.4, -0.2) is 27.8 Å². The lowest BCUT2D eigenvalue weighted by Crippen LogP contribution is -2.40. The Hall–Kier alpha value is -2.96. The Bertz CT molecular complexity index is 659. The number of para-hydroxylation sites is 1. The van der Waals surface area contributed by atoms with Crippen LogP contribution in [0.5, 0.6) is 11.5 Å². The van der Waals surface area contributed by atoms with Crippen molar-refractivity contribution in [3.05, 3.63) is 42.7 Å². The number of anilines is 1. The molecule has 2 aromatic rings. The van der Waals surface area contributed by atoms with E-state index in [1.54, 1.807) is 12.1 Å². The van der Waals surface area contributed by atoms with Crippen LogP contribution in [0.15, 0.2) is 42.7 Å². The first-order chi connectivity index (χ1) is 11.1. The SMILES string of the molecule is CCC(C)NC(=O)C(=O)Nc1ncc(Oc2ccccc2)cn1. The average Bonchev–Trinajstić information content (AvgIpc) is 2.57. The third-order valence-corrected chi connectivity index (χ3v) is 3.03. The average molecular weight is 314 g/mol. The Labute approximate surface area is 134 Å². The van der Waals surface area contributed by atoms with E-state index < -0.39 is 11.8 Å². The number of carbonyl (C=O) groups is 2. The molecule has 0 aliphatic rings. The van der Waals surface area contributed by atoms with E-state index in [2.05, 4.69) is 20.6 Å². The quantitative estimate of drug-likeness (QED) is 0.825. The first-order valence-corrected chi connectivity index (χ1v) is 7.25. The van der Waals surface area contributed by atoms with Crippen LogP contribution in [0.1, 0.15) is 20.3 Å². The fourth-order valence-electron chi connectivity index (χ4n) is 1.61. The summed E-state index contributed by atoms with van der Waals surface area (Å²) >= 11 is 0. The van der Waals surface area contributed by atoms with E-state index in [-0.39, 0.29) is 12.0 Å². The highest BCUT2D eigenvalue weighted by molar-refractivity contribution is 6.39. The smallest absolute Gasteiger partial charge is 0.316 e. The molecular formula is C16H18N4O3. The van der Waals surface area contributed by atoms with E-state index in [9.17, 15) is 9.59 Å². The predicted molar refractivity (Wildman–Crippen MR) is 85.1 cm³/mol. The lowest BCUT2D eigenvalue weighted by molar-refractivity contribution is -0.136. The largest absolute Gasteiger partial charge is 0.454 e. The zero-order valence-corrected chi connectivity index (χ0v) is 12.9. The molecule has 1 atom stereocenters. The van der Waals surface area contributed by atoms with Crippen molar-refractivity contribution in [3.8, 4) is 11.5 Å². The van der Waals surface area contributed by atoms with Gasteiger partial charge >= 0.3 is 11.8 Å². The first kappa shape index (κ1) is 16.4. The van der Waals surface area contributed by atoms with Gasteiger partial charge in [0.15, 0.2) is 5.75 Å². The Balaban J connectivity index is 1.92. The summed E-state index contributed by atoms with van der Waals surface area (Å²) in [5, 5.41) is 4.90. The summed E-state index contributed by atoms with van der Waals surface area (Å²) in [6.45, 7) is 3.73. The van der Waals surface area contributed by atoms with Gasteiger partial charge in [0, 0.05) is 6.04 Å². The molecule has 0 fully saturated rings. The van der Waals surface area contributed by atoms with Crippen LogP contribution in [0.3, 0.4) is 0 Å². The predicted octanol–water partition coefficient (Wildman–Crippen LogP) is 2.12. The van der Waals surface area contributed by atoms with Crippen LogP contribution >= 0.6 is 0 Å². The number of aromatic nitrogens is 2. The molecule has 0 aliphatic heterocycles. The number of hydrogen-bond donors (Lipinski definition) is 2. The second-order valence-corrected chi connectivity index (χ2v) is 4.89. The number of rotatable bonds is 5. The maximum absolute atomic E-state index is 11.7. The Morgan fingerprint density at radius 3 is 2.35 bits per heavy atom. The van der Waals surface area contributed by atoms with Crippen LogP contribution in [0.2, 0.25) is 0 Å².